The topological polar surface area (TPSA) is 59.0 Å². The summed E-state index contributed by atoms with van der Waals surface area (Å²) in [4.78, 5) is 13.2. The first-order valence-corrected chi connectivity index (χ1v) is 5.53. The van der Waals surface area contributed by atoms with E-state index in [9.17, 15) is 9.90 Å². The van der Waals surface area contributed by atoms with E-state index in [-0.39, 0.29) is 0 Å². The number of hydrogen-bond donors (Lipinski definition) is 1. The number of likely N-dealkylation sites (tertiary alicyclic amines) is 1. The summed E-state index contributed by atoms with van der Waals surface area (Å²) in [5.41, 5.74) is -0.810. The van der Waals surface area contributed by atoms with E-state index in [1.165, 1.54) is 0 Å². The van der Waals surface area contributed by atoms with Crippen LogP contribution in [0.25, 0.3) is 0 Å². The van der Waals surface area contributed by atoms with Crippen LogP contribution in [0, 0.1) is 0 Å². The highest BCUT2D eigenvalue weighted by Gasteiger charge is 2.53. The lowest BCUT2D eigenvalue weighted by Gasteiger charge is -2.53. The van der Waals surface area contributed by atoms with Crippen molar-refractivity contribution in [3.8, 4) is 0 Å². The van der Waals surface area contributed by atoms with Gasteiger partial charge in [0.15, 0.2) is 5.79 Å². The molecule has 0 saturated carbocycles. The van der Waals surface area contributed by atoms with E-state index in [1.54, 1.807) is 21.1 Å². The number of carbonyl (C=O) groups is 1. The molecule has 16 heavy (non-hydrogen) atoms. The average molecular weight is 231 g/mol. The first-order valence-electron chi connectivity index (χ1n) is 5.53. The number of hydrogen-bond acceptors (Lipinski definition) is 4. The van der Waals surface area contributed by atoms with E-state index >= 15 is 0 Å². The highest BCUT2D eigenvalue weighted by molar-refractivity contribution is 5.78. The molecule has 5 nitrogen and oxygen atoms in total. The van der Waals surface area contributed by atoms with Crippen molar-refractivity contribution in [2.75, 3.05) is 27.3 Å². The molecule has 5 heteroatoms. The molecule has 0 amide bonds. The third-order valence-corrected chi connectivity index (χ3v) is 3.50. The second-order valence-corrected chi connectivity index (χ2v) is 4.50. The average Bonchev–Trinajstić information content (AvgIpc) is 2.18. The second kappa shape index (κ2) is 4.69. The van der Waals surface area contributed by atoms with Gasteiger partial charge in [-0.2, -0.15) is 0 Å². The zero-order valence-electron chi connectivity index (χ0n) is 10.4. The molecule has 1 saturated heterocycles. The summed E-state index contributed by atoms with van der Waals surface area (Å²) in [5.74, 6) is -1.40. The van der Waals surface area contributed by atoms with Gasteiger partial charge >= 0.3 is 5.97 Å². The van der Waals surface area contributed by atoms with Crippen LogP contribution in [-0.4, -0.2) is 54.6 Å². The Balaban J connectivity index is 2.69. The summed E-state index contributed by atoms with van der Waals surface area (Å²) in [5, 5.41) is 9.29. The Bertz CT molecular complexity index is 257. The maximum absolute atomic E-state index is 11.3. The van der Waals surface area contributed by atoms with Crippen LogP contribution in [0.2, 0.25) is 0 Å². The molecule has 1 unspecified atom stereocenters. The van der Waals surface area contributed by atoms with Crippen LogP contribution in [0.4, 0.5) is 0 Å². The Morgan fingerprint density at radius 3 is 2.25 bits per heavy atom. The number of ether oxygens (including phenoxy) is 2. The van der Waals surface area contributed by atoms with E-state index in [0.717, 1.165) is 6.42 Å². The molecule has 1 fully saturated rings. The number of aliphatic carboxylic acids is 1. The molecular formula is C11H21NO4. The van der Waals surface area contributed by atoms with Gasteiger partial charge in [0.05, 0.1) is 13.1 Å². The number of nitrogens with zero attached hydrogens (tertiary/aromatic N) is 1. The fourth-order valence-corrected chi connectivity index (χ4v) is 2.11. The van der Waals surface area contributed by atoms with Gasteiger partial charge in [0, 0.05) is 14.2 Å². The van der Waals surface area contributed by atoms with Crippen molar-refractivity contribution >= 4 is 5.97 Å². The predicted octanol–water partition coefficient (Wildman–Crippen LogP) is 0.934. The van der Waals surface area contributed by atoms with Crippen LogP contribution >= 0.6 is 0 Å². The zero-order chi connectivity index (χ0) is 12.4. The van der Waals surface area contributed by atoms with Crippen molar-refractivity contribution in [2.45, 2.75) is 38.0 Å². The molecule has 0 spiro atoms. The van der Waals surface area contributed by atoms with Gasteiger partial charge in [-0.25, -0.2) is 0 Å². The SMILES string of the molecule is CCCC(C)(C(=O)O)N1CC(OC)(OC)C1. The van der Waals surface area contributed by atoms with Crippen molar-refractivity contribution in [3.05, 3.63) is 0 Å². The van der Waals surface area contributed by atoms with Crippen molar-refractivity contribution < 1.29 is 19.4 Å². The maximum Gasteiger partial charge on any atom is 0.323 e. The van der Waals surface area contributed by atoms with Crippen molar-refractivity contribution in [2.24, 2.45) is 0 Å². The third kappa shape index (κ3) is 2.07. The van der Waals surface area contributed by atoms with Gasteiger partial charge in [-0.05, 0) is 13.3 Å². The van der Waals surface area contributed by atoms with Gasteiger partial charge in [0.2, 0.25) is 0 Å². The molecule has 1 heterocycles. The summed E-state index contributed by atoms with van der Waals surface area (Å²) in [7, 11) is 3.16. The molecule has 94 valence electrons. The number of carboxylic acids is 1. The number of rotatable bonds is 6. The molecule has 0 bridgehead atoms. The van der Waals surface area contributed by atoms with E-state index in [0.29, 0.717) is 19.5 Å². The lowest BCUT2D eigenvalue weighted by molar-refractivity contribution is -0.290. The lowest BCUT2D eigenvalue weighted by atomic mass is 9.88. The molecule has 0 aliphatic carbocycles. The monoisotopic (exact) mass is 231 g/mol. The Hall–Kier alpha value is -0.650. The minimum atomic E-state index is -0.810. The Morgan fingerprint density at radius 1 is 1.44 bits per heavy atom. The highest BCUT2D eigenvalue weighted by Crippen LogP contribution is 2.34. The zero-order valence-corrected chi connectivity index (χ0v) is 10.4. The van der Waals surface area contributed by atoms with Crippen LogP contribution < -0.4 is 0 Å². The van der Waals surface area contributed by atoms with Crippen molar-refractivity contribution in [3.63, 3.8) is 0 Å². The Labute approximate surface area is 96.3 Å². The summed E-state index contributed by atoms with van der Waals surface area (Å²) < 4.78 is 10.5. The minimum absolute atomic E-state index is 0.503. The molecule has 0 aromatic carbocycles. The third-order valence-electron chi connectivity index (χ3n) is 3.50. The van der Waals surface area contributed by atoms with Gasteiger partial charge in [-0.15, -0.1) is 0 Å². The first kappa shape index (κ1) is 13.4. The van der Waals surface area contributed by atoms with Crippen LogP contribution in [0.5, 0.6) is 0 Å². The molecule has 1 N–H and O–H groups in total. The summed E-state index contributed by atoms with van der Waals surface area (Å²) in [6.45, 7) is 4.75. The molecule has 0 aromatic rings. The molecular weight excluding hydrogens is 210 g/mol. The highest BCUT2D eigenvalue weighted by atomic mass is 16.7. The van der Waals surface area contributed by atoms with Crippen LogP contribution in [0.3, 0.4) is 0 Å². The van der Waals surface area contributed by atoms with Gasteiger partial charge in [-0.1, -0.05) is 13.3 Å². The Morgan fingerprint density at radius 2 is 1.94 bits per heavy atom. The van der Waals surface area contributed by atoms with E-state index in [4.69, 9.17) is 9.47 Å². The van der Waals surface area contributed by atoms with Gasteiger partial charge in [0.1, 0.15) is 5.54 Å². The van der Waals surface area contributed by atoms with E-state index < -0.39 is 17.3 Å². The van der Waals surface area contributed by atoms with Crippen molar-refractivity contribution in [1.82, 2.24) is 4.90 Å². The molecule has 0 radical (unpaired) electrons. The predicted molar refractivity (Wildman–Crippen MR) is 59.3 cm³/mol. The summed E-state index contributed by atoms with van der Waals surface area (Å²) >= 11 is 0. The standard InChI is InChI=1S/C11H21NO4/c1-5-6-10(2,9(13)14)12-7-11(8-12,15-3)16-4/h5-8H2,1-4H3,(H,13,14). The minimum Gasteiger partial charge on any atom is -0.480 e. The largest absolute Gasteiger partial charge is 0.480 e. The molecule has 1 rings (SSSR count). The van der Waals surface area contributed by atoms with E-state index in [1.807, 2.05) is 11.8 Å². The van der Waals surface area contributed by atoms with Crippen LogP contribution in [-0.2, 0) is 14.3 Å². The summed E-state index contributed by atoms with van der Waals surface area (Å²) in [6, 6.07) is 0. The van der Waals surface area contributed by atoms with Gasteiger partial charge in [-0.3, -0.25) is 9.69 Å². The molecule has 0 aromatic heterocycles. The molecule has 1 atom stereocenters. The molecule has 1 aliphatic rings. The first-order chi connectivity index (χ1) is 7.44. The van der Waals surface area contributed by atoms with Gasteiger partial charge in [0.25, 0.3) is 0 Å². The lowest BCUT2D eigenvalue weighted by Crippen LogP contribution is -2.71. The second-order valence-electron chi connectivity index (χ2n) is 4.50. The fraction of sp³-hybridized carbons (Fsp3) is 0.909. The normalized spacial score (nSPS) is 23.5. The van der Waals surface area contributed by atoms with Crippen LogP contribution in [0.1, 0.15) is 26.7 Å². The molecule has 1 aliphatic heterocycles. The van der Waals surface area contributed by atoms with E-state index in [2.05, 4.69) is 0 Å². The number of carboxylic acid groups (broad SMARTS) is 1. The quantitative estimate of drug-likeness (QED) is 0.689. The smallest absolute Gasteiger partial charge is 0.323 e. The number of methoxy groups -OCH3 is 2. The Kier molecular flexibility index (Phi) is 3.93. The maximum atomic E-state index is 11.3. The van der Waals surface area contributed by atoms with Crippen molar-refractivity contribution in [1.29, 1.82) is 0 Å². The van der Waals surface area contributed by atoms with Gasteiger partial charge < -0.3 is 14.6 Å². The fourth-order valence-electron chi connectivity index (χ4n) is 2.11. The summed E-state index contributed by atoms with van der Waals surface area (Å²) in [6.07, 6.45) is 1.47. The van der Waals surface area contributed by atoms with Crippen LogP contribution in [0.15, 0.2) is 0 Å².